The number of hydrogen-bond acceptors (Lipinski definition) is 2. The first kappa shape index (κ1) is 12.4. The Morgan fingerprint density at radius 3 is 3.00 bits per heavy atom. The Labute approximate surface area is 109 Å². The van der Waals surface area contributed by atoms with Crippen molar-refractivity contribution < 1.29 is 5.11 Å². The van der Waals surface area contributed by atoms with Gasteiger partial charge in [-0.15, -0.1) is 0 Å². The number of hydrogen-bond donors (Lipinski definition) is 1. The van der Waals surface area contributed by atoms with Crippen molar-refractivity contribution in [2.24, 2.45) is 5.92 Å². The number of benzene rings is 1. The predicted molar refractivity (Wildman–Crippen MR) is 69.6 cm³/mol. The largest absolute Gasteiger partial charge is 0.396 e. The second kappa shape index (κ2) is 5.50. The van der Waals surface area contributed by atoms with Crippen molar-refractivity contribution in [3.63, 3.8) is 0 Å². The average Bonchev–Trinajstić information content (AvgIpc) is 2.71. The normalized spacial score (nSPS) is 21.6. The number of likely N-dealkylation sites (tertiary alicyclic amines) is 1. The second-order valence-corrected chi connectivity index (χ2v) is 5.60. The van der Waals surface area contributed by atoms with E-state index < -0.39 is 0 Å². The van der Waals surface area contributed by atoms with E-state index in [1.165, 1.54) is 5.56 Å². The molecule has 1 fully saturated rings. The molecule has 0 aliphatic carbocycles. The van der Waals surface area contributed by atoms with Gasteiger partial charge in [0.15, 0.2) is 0 Å². The number of nitrogens with zero attached hydrogens (tertiary/aromatic N) is 1. The molecule has 1 heterocycles. The summed E-state index contributed by atoms with van der Waals surface area (Å²) in [6, 6.07) is 5.87. The van der Waals surface area contributed by atoms with Gasteiger partial charge in [0.25, 0.3) is 0 Å². The third-order valence-electron chi connectivity index (χ3n) is 3.03. The molecule has 0 saturated carbocycles. The van der Waals surface area contributed by atoms with Crippen LogP contribution in [-0.4, -0.2) is 29.7 Å². The standard InChI is InChI=1S/C12H15BrClNO/c13-12-2-1-11(14)5-10(12)7-15-4-3-9(6-15)8-16/h1-2,5,9,16H,3-4,6-8H2. The fourth-order valence-corrected chi connectivity index (χ4v) is 2.68. The molecule has 1 N–H and O–H groups in total. The quantitative estimate of drug-likeness (QED) is 0.928. The van der Waals surface area contributed by atoms with E-state index in [1.54, 1.807) is 0 Å². The lowest BCUT2D eigenvalue weighted by molar-refractivity contribution is 0.220. The van der Waals surface area contributed by atoms with E-state index in [-0.39, 0.29) is 0 Å². The highest BCUT2D eigenvalue weighted by Crippen LogP contribution is 2.25. The van der Waals surface area contributed by atoms with E-state index in [0.717, 1.165) is 35.6 Å². The lowest BCUT2D eigenvalue weighted by Gasteiger charge is -2.16. The molecule has 1 saturated heterocycles. The van der Waals surface area contributed by atoms with Crippen LogP contribution in [0.5, 0.6) is 0 Å². The van der Waals surface area contributed by atoms with Gasteiger partial charge >= 0.3 is 0 Å². The molecule has 0 aromatic heterocycles. The zero-order valence-electron chi connectivity index (χ0n) is 9.00. The summed E-state index contributed by atoms with van der Waals surface area (Å²) < 4.78 is 1.10. The maximum Gasteiger partial charge on any atom is 0.0471 e. The third-order valence-corrected chi connectivity index (χ3v) is 4.04. The Morgan fingerprint density at radius 1 is 1.50 bits per heavy atom. The summed E-state index contributed by atoms with van der Waals surface area (Å²) in [6.45, 7) is 3.24. The van der Waals surface area contributed by atoms with Gasteiger partial charge in [0, 0.05) is 29.2 Å². The SMILES string of the molecule is OCC1CCN(Cc2cc(Cl)ccc2Br)C1. The Kier molecular flexibility index (Phi) is 4.25. The van der Waals surface area contributed by atoms with Gasteiger partial charge in [-0.05, 0) is 42.6 Å². The first-order chi connectivity index (χ1) is 7.69. The highest BCUT2D eigenvalue weighted by atomic mass is 79.9. The number of aliphatic hydroxyl groups is 1. The van der Waals surface area contributed by atoms with Crippen molar-refractivity contribution in [2.75, 3.05) is 19.7 Å². The van der Waals surface area contributed by atoms with E-state index in [0.29, 0.717) is 12.5 Å². The molecule has 0 spiro atoms. The van der Waals surface area contributed by atoms with Crippen molar-refractivity contribution in [3.8, 4) is 0 Å². The van der Waals surface area contributed by atoms with Crippen molar-refractivity contribution in [3.05, 3.63) is 33.3 Å². The third kappa shape index (κ3) is 2.98. The van der Waals surface area contributed by atoms with Crippen molar-refractivity contribution in [2.45, 2.75) is 13.0 Å². The summed E-state index contributed by atoms with van der Waals surface area (Å²) in [5.41, 5.74) is 1.21. The molecule has 4 heteroatoms. The molecule has 0 amide bonds. The van der Waals surface area contributed by atoms with Crippen LogP contribution in [0.2, 0.25) is 5.02 Å². The van der Waals surface area contributed by atoms with Crippen molar-refractivity contribution in [1.82, 2.24) is 4.90 Å². The lowest BCUT2D eigenvalue weighted by Crippen LogP contribution is -2.21. The van der Waals surface area contributed by atoms with E-state index in [4.69, 9.17) is 16.7 Å². The molecule has 1 aliphatic rings. The topological polar surface area (TPSA) is 23.5 Å². The second-order valence-electron chi connectivity index (χ2n) is 4.31. The van der Waals surface area contributed by atoms with E-state index in [2.05, 4.69) is 20.8 Å². The molecule has 1 aromatic carbocycles. The van der Waals surface area contributed by atoms with Crippen LogP contribution in [0, 0.1) is 5.92 Å². The molecule has 1 atom stereocenters. The summed E-state index contributed by atoms with van der Waals surface area (Å²) in [5.74, 6) is 0.443. The van der Waals surface area contributed by atoms with E-state index in [9.17, 15) is 0 Å². The maximum atomic E-state index is 9.09. The number of aliphatic hydroxyl groups excluding tert-OH is 1. The summed E-state index contributed by atoms with van der Waals surface area (Å²) in [6.07, 6.45) is 1.09. The van der Waals surface area contributed by atoms with Gasteiger partial charge in [0.1, 0.15) is 0 Å². The zero-order chi connectivity index (χ0) is 11.5. The van der Waals surface area contributed by atoms with Gasteiger partial charge in [-0.3, -0.25) is 4.90 Å². The number of rotatable bonds is 3. The van der Waals surface area contributed by atoms with Crippen LogP contribution in [0.15, 0.2) is 22.7 Å². The minimum absolute atomic E-state index is 0.299. The predicted octanol–water partition coefficient (Wildman–Crippen LogP) is 2.92. The van der Waals surface area contributed by atoms with Crippen LogP contribution < -0.4 is 0 Å². The van der Waals surface area contributed by atoms with Crippen LogP contribution in [0.4, 0.5) is 0 Å². The number of halogens is 2. The van der Waals surface area contributed by atoms with E-state index in [1.807, 2.05) is 18.2 Å². The highest BCUT2D eigenvalue weighted by molar-refractivity contribution is 9.10. The van der Waals surface area contributed by atoms with Crippen LogP contribution in [0.1, 0.15) is 12.0 Å². The first-order valence-electron chi connectivity index (χ1n) is 5.46. The smallest absolute Gasteiger partial charge is 0.0471 e. The molecule has 1 unspecified atom stereocenters. The molecule has 88 valence electrons. The first-order valence-corrected chi connectivity index (χ1v) is 6.63. The molecule has 0 radical (unpaired) electrons. The van der Waals surface area contributed by atoms with Gasteiger partial charge in [-0.1, -0.05) is 27.5 Å². The maximum absolute atomic E-state index is 9.09. The molecule has 1 aliphatic heterocycles. The van der Waals surface area contributed by atoms with Gasteiger partial charge in [-0.25, -0.2) is 0 Å². The molecule has 2 nitrogen and oxygen atoms in total. The summed E-state index contributed by atoms with van der Waals surface area (Å²) in [7, 11) is 0. The highest BCUT2D eigenvalue weighted by Gasteiger charge is 2.22. The molecule has 16 heavy (non-hydrogen) atoms. The molecule has 0 bridgehead atoms. The minimum Gasteiger partial charge on any atom is -0.396 e. The lowest BCUT2D eigenvalue weighted by atomic mass is 10.1. The Bertz CT molecular complexity index is 372. The van der Waals surface area contributed by atoms with Crippen molar-refractivity contribution >= 4 is 27.5 Å². The van der Waals surface area contributed by atoms with Gasteiger partial charge in [0.05, 0.1) is 0 Å². The van der Waals surface area contributed by atoms with Crippen molar-refractivity contribution in [1.29, 1.82) is 0 Å². The fourth-order valence-electron chi connectivity index (χ4n) is 2.11. The molecule has 1 aromatic rings. The monoisotopic (exact) mass is 303 g/mol. The Morgan fingerprint density at radius 2 is 2.31 bits per heavy atom. The van der Waals surface area contributed by atoms with Crippen LogP contribution in [-0.2, 0) is 6.54 Å². The summed E-state index contributed by atoms with van der Waals surface area (Å²) in [5, 5.41) is 9.87. The molecule has 2 rings (SSSR count). The summed E-state index contributed by atoms with van der Waals surface area (Å²) in [4.78, 5) is 2.36. The van der Waals surface area contributed by atoms with Crippen LogP contribution >= 0.6 is 27.5 Å². The summed E-state index contributed by atoms with van der Waals surface area (Å²) >= 11 is 9.51. The average molecular weight is 305 g/mol. The van der Waals surface area contributed by atoms with Gasteiger partial charge in [0.2, 0.25) is 0 Å². The fraction of sp³-hybridized carbons (Fsp3) is 0.500. The van der Waals surface area contributed by atoms with Gasteiger partial charge in [-0.2, -0.15) is 0 Å². The molecular weight excluding hydrogens is 289 g/mol. The van der Waals surface area contributed by atoms with Gasteiger partial charge < -0.3 is 5.11 Å². The molecular formula is C12H15BrClNO. The Balaban J connectivity index is 2.01. The zero-order valence-corrected chi connectivity index (χ0v) is 11.3. The minimum atomic E-state index is 0.299. The van der Waals surface area contributed by atoms with Crippen LogP contribution in [0.3, 0.4) is 0 Å². The van der Waals surface area contributed by atoms with Crippen LogP contribution in [0.25, 0.3) is 0 Å². The van der Waals surface area contributed by atoms with E-state index >= 15 is 0 Å². The Hall–Kier alpha value is -0.0900.